The van der Waals surface area contributed by atoms with Crippen LogP contribution in [0.5, 0.6) is 0 Å². The molecule has 4 rings (SSSR count). The molecule has 148 valence electrons. The molecule has 0 aromatic rings. The fourth-order valence-corrected chi connectivity index (χ4v) is 7.96. The summed E-state index contributed by atoms with van der Waals surface area (Å²) in [6.07, 6.45) is 0.0816. The summed E-state index contributed by atoms with van der Waals surface area (Å²) in [5.41, 5.74) is -3.55. The van der Waals surface area contributed by atoms with Crippen molar-refractivity contribution in [3.8, 4) is 0 Å². The number of hydrogen-bond acceptors (Lipinski definition) is 2. The van der Waals surface area contributed by atoms with Crippen LogP contribution in [0.4, 0.5) is 13.2 Å². The lowest BCUT2D eigenvalue weighted by molar-refractivity contribution is -0.304. The zero-order valence-corrected chi connectivity index (χ0v) is 16.0. The first-order valence-electron chi connectivity index (χ1n) is 10.3. The number of ketones is 1. The van der Waals surface area contributed by atoms with Gasteiger partial charge in [0.15, 0.2) is 5.60 Å². The smallest absolute Gasteiger partial charge is 0.380 e. The van der Waals surface area contributed by atoms with E-state index >= 15 is 0 Å². The first kappa shape index (κ1) is 18.8. The molecule has 2 nitrogen and oxygen atoms in total. The zero-order chi connectivity index (χ0) is 19.1. The Bertz CT molecular complexity index is 617. The minimum absolute atomic E-state index is 0.0527. The minimum atomic E-state index is -4.56. The molecule has 0 aliphatic heterocycles. The highest BCUT2D eigenvalue weighted by Gasteiger charge is 2.72. The van der Waals surface area contributed by atoms with Crippen molar-refractivity contribution in [2.75, 3.05) is 0 Å². The quantitative estimate of drug-likeness (QED) is 0.639. The molecular formula is C21H31F3O2. The van der Waals surface area contributed by atoms with Crippen LogP contribution in [-0.4, -0.2) is 22.7 Å². The monoisotopic (exact) mass is 372 g/mol. The molecule has 5 heteroatoms. The van der Waals surface area contributed by atoms with Crippen LogP contribution in [0.3, 0.4) is 0 Å². The number of carbonyl (C=O) groups is 1. The molecule has 4 aliphatic rings. The van der Waals surface area contributed by atoms with E-state index in [9.17, 15) is 23.1 Å². The predicted octanol–water partition coefficient (Wildman–Crippen LogP) is 5.14. The molecule has 0 bridgehead atoms. The largest absolute Gasteiger partial charge is 0.417 e. The second-order valence-corrected chi connectivity index (χ2v) is 10.2. The van der Waals surface area contributed by atoms with Crippen molar-refractivity contribution in [3.63, 3.8) is 0 Å². The van der Waals surface area contributed by atoms with Crippen LogP contribution in [0, 0.1) is 40.4 Å². The lowest BCUT2D eigenvalue weighted by atomic mass is 9.42. The highest BCUT2D eigenvalue weighted by molar-refractivity contribution is 5.80. The van der Waals surface area contributed by atoms with Crippen LogP contribution >= 0.6 is 0 Å². The van der Waals surface area contributed by atoms with Crippen molar-refractivity contribution in [1.82, 2.24) is 0 Å². The molecule has 4 fully saturated rings. The number of Topliss-reactive ketones (excluding diaryl/α,β-unsaturated/α-hetero) is 1. The Morgan fingerprint density at radius 2 is 1.65 bits per heavy atom. The maximum Gasteiger partial charge on any atom is 0.417 e. The number of rotatable bonds is 0. The number of alkyl halides is 3. The Hall–Kier alpha value is -0.580. The van der Waals surface area contributed by atoms with Gasteiger partial charge in [-0.25, -0.2) is 0 Å². The summed E-state index contributed by atoms with van der Waals surface area (Å²) in [4.78, 5) is 12.1. The van der Waals surface area contributed by atoms with Gasteiger partial charge in [-0.15, -0.1) is 0 Å². The normalized spacial score (nSPS) is 54.4. The topological polar surface area (TPSA) is 37.3 Å². The van der Waals surface area contributed by atoms with Crippen molar-refractivity contribution in [1.29, 1.82) is 0 Å². The van der Waals surface area contributed by atoms with E-state index in [1.807, 2.05) is 0 Å². The van der Waals surface area contributed by atoms with E-state index in [4.69, 9.17) is 0 Å². The maximum atomic E-state index is 13.7. The van der Waals surface area contributed by atoms with Crippen LogP contribution in [0.1, 0.15) is 72.1 Å². The number of fused-ring (bicyclic) bond motifs is 5. The molecule has 4 aliphatic carbocycles. The SMILES string of the molecule is C[C@H]1CC(=O)C[C@@H]2CC[C@@H]3[C@H](CC[C@@]4(C)[C@H]3CC[C@@]4(O)C(F)(F)F)[C@]21C. The van der Waals surface area contributed by atoms with Crippen molar-refractivity contribution >= 4 is 5.78 Å². The van der Waals surface area contributed by atoms with Gasteiger partial charge in [-0.05, 0) is 73.5 Å². The van der Waals surface area contributed by atoms with E-state index < -0.39 is 17.2 Å². The first-order chi connectivity index (χ1) is 11.9. The summed E-state index contributed by atoms with van der Waals surface area (Å²) in [6.45, 7) is 6.16. The molecule has 0 aromatic heterocycles. The summed E-state index contributed by atoms with van der Waals surface area (Å²) < 4.78 is 41.2. The number of hydrogen-bond donors (Lipinski definition) is 1. The molecule has 0 radical (unpaired) electrons. The van der Waals surface area contributed by atoms with Gasteiger partial charge in [0.25, 0.3) is 0 Å². The molecule has 0 unspecified atom stereocenters. The summed E-state index contributed by atoms with van der Waals surface area (Å²) in [6, 6.07) is 0. The van der Waals surface area contributed by atoms with Crippen LogP contribution in [0.15, 0.2) is 0 Å². The number of carbonyl (C=O) groups excluding carboxylic acids is 1. The van der Waals surface area contributed by atoms with Gasteiger partial charge in [0.05, 0.1) is 0 Å². The van der Waals surface area contributed by atoms with Gasteiger partial charge >= 0.3 is 6.18 Å². The summed E-state index contributed by atoms with van der Waals surface area (Å²) >= 11 is 0. The average molecular weight is 372 g/mol. The fraction of sp³-hybridized carbons (Fsp3) is 0.952. The van der Waals surface area contributed by atoms with Gasteiger partial charge in [0.1, 0.15) is 5.78 Å². The van der Waals surface area contributed by atoms with Crippen molar-refractivity contribution in [3.05, 3.63) is 0 Å². The van der Waals surface area contributed by atoms with Gasteiger partial charge in [-0.2, -0.15) is 13.2 Å². The second kappa shape index (κ2) is 5.48. The molecule has 8 atom stereocenters. The fourth-order valence-electron chi connectivity index (χ4n) is 7.96. The number of halogens is 3. The number of aliphatic hydroxyl groups is 1. The van der Waals surface area contributed by atoms with Gasteiger partial charge in [-0.1, -0.05) is 20.8 Å². The lowest BCUT2D eigenvalue weighted by Gasteiger charge is -2.62. The lowest BCUT2D eigenvalue weighted by Crippen LogP contribution is -2.61. The second-order valence-electron chi connectivity index (χ2n) is 10.2. The van der Waals surface area contributed by atoms with E-state index in [1.54, 1.807) is 6.92 Å². The molecule has 0 spiro atoms. The van der Waals surface area contributed by atoms with Crippen molar-refractivity contribution in [2.24, 2.45) is 40.4 Å². The van der Waals surface area contributed by atoms with Gasteiger partial charge < -0.3 is 5.11 Å². The standard InChI is InChI=1S/C21H31F3O2/c1-12-10-14(25)11-13-4-5-15-16-7-9-20(26,21(22,23)24)18(16,2)8-6-17(15)19(12,13)3/h12-13,15-17,26H,4-11H2,1-3H3/t12-,13-,15-,16-,17-,18-,19-,20-/m0/s1. The van der Waals surface area contributed by atoms with Gasteiger partial charge in [-0.3, -0.25) is 4.79 Å². The van der Waals surface area contributed by atoms with Crippen LogP contribution < -0.4 is 0 Å². The predicted molar refractivity (Wildman–Crippen MR) is 92.3 cm³/mol. The van der Waals surface area contributed by atoms with Crippen LogP contribution in [0.2, 0.25) is 0 Å². The first-order valence-corrected chi connectivity index (χ1v) is 10.3. The molecule has 1 N–H and O–H groups in total. The third-order valence-corrected chi connectivity index (χ3v) is 9.65. The third-order valence-electron chi connectivity index (χ3n) is 9.65. The van der Waals surface area contributed by atoms with Gasteiger partial charge in [0, 0.05) is 18.3 Å². The molecular weight excluding hydrogens is 341 g/mol. The molecule has 0 heterocycles. The average Bonchev–Trinajstić information content (AvgIpc) is 2.82. The summed E-state index contributed by atoms with van der Waals surface area (Å²) in [5, 5.41) is 10.7. The van der Waals surface area contributed by atoms with Gasteiger partial charge in [0.2, 0.25) is 0 Å². The van der Waals surface area contributed by atoms with Crippen molar-refractivity contribution < 1.29 is 23.1 Å². The molecule has 26 heavy (non-hydrogen) atoms. The van der Waals surface area contributed by atoms with E-state index in [0.29, 0.717) is 49.2 Å². The Morgan fingerprint density at radius 1 is 1.00 bits per heavy atom. The Kier molecular flexibility index (Phi) is 3.96. The van der Waals surface area contributed by atoms with E-state index in [2.05, 4.69) is 13.8 Å². The summed E-state index contributed by atoms with van der Waals surface area (Å²) in [7, 11) is 0. The van der Waals surface area contributed by atoms with E-state index in [0.717, 1.165) is 19.3 Å². The van der Waals surface area contributed by atoms with Crippen LogP contribution in [0.25, 0.3) is 0 Å². The van der Waals surface area contributed by atoms with E-state index in [1.165, 1.54) is 0 Å². The maximum absolute atomic E-state index is 13.7. The Balaban J connectivity index is 1.68. The Morgan fingerprint density at radius 3 is 2.31 bits per heavy atom. The van der Waals surface area contributed by atoms with Crippen LogP contribution in [-0.2, 0) is 4.79 Å². The highest BCUT2D eigenvalue weighted by Crippen LogP contribution is 2.70. The molecule has 4 saturated carbocycles. The Labute approximate surface area is 153 Å². The third kappa shape index (κ3) is 2.13. The van der Waals surface area contributed by atoms with E-state index in [-0.39, 0.29) is 23.7 Å². The minimum Gasteiger partial charge on any atom is -0.380 e. The zero-order valence-electron chi connectivity index (χ0n) is 16.0. The summed E-state index contributed by atoms with van der Waals surface area (Å²) in [5.74, 6) is 1.61. The highest BCUT2D eigenvalue weighted by atomic mass is 19.4. The van der Waals surface area contributed by atoms with Crippen molar-refractivity contribution in [2.45, 2.75) is 83.9 Å². The molecule has 0 aromatic carbocycles. The molecule has 0 amide bonds. The molecule has 0 saturated heterocycles.